The molecular weight excluding hydrogens is 274 g/mol. The van der Waals surface area contributed by atoms with Crippen molar-refractivity contribution in [2.75, 3.05) is 0 Å². The van der Waals surface area contributed by atoms with Gasteiger partial charge in [-0.3, -0.25) is 0 Å². The van der Waals surface area contributed by atoms with E-state index in [1.807, 2.05) is 53.2 Å². The minimum Gasteiger partial charge on any atom is -0.410 e. The lowest BCUT2D eigenvalue weighted by molar-refractivity contribution is -0.682. The Kier molecular flexibility index (Phi) is 3.80. The standard InChI is InChI=1S/C18H13N3O/c19-11-14-4-3-9-21(12-14)13-18(20-22)17-8-7-15-5-1-2-6-16(15)10-17/h1-10,12H,13H2/p+1. The van der Waals surface area contributed by atoms with Crippen LogP contribution < -0.4 is 4.57 Å². The van der Waals surface area contributed by atoms with Crippen molar-refractivity contribution >= 4 is 16.5 Å². The molecule has 0 fully saturated rings. The summed E-state index contributed by atoms with van der Waals surface area (Å²) in [6, 6.07) is 19.6. The Bertz CT molecular complexity index is 894. The Hall–Kier alpha value is -3.19. The van der Waals surface area contributed by atoms with E-state index in [2.05, 4.69) is 11.2 Å². The minimum absolute atomic E-state index is 0.393. The van der Waals surface area contributed by atoms with Crippen LogP contribution in [-0.2, 0) is 6.54 Å². The number of hydrogen-bond acceptors (Lipinski definition) is 3. The van der Waals surface area contributed by atoms with Crippen molar-refractivity contribution in [2.24, 2.45) is 5.16 Å². The number of nitriles is 1. The molecule has 0 saturated carbocycles. The Morgan fingerprint density at radius 2 is 1.91 bits per heavy atom. The molecule has 0 spiro atoms. The zero-order chi connectivity index (χ0) is 15.4. The lowest BCUT2D eigenvalue weighted by Gasteiger charge is -2.04. The number of rotatable bonds is 3. The summed E-state index contributed by atoms with van der Waals surface area (Å²) < 4.78 is 1.82. The average molecular weight is 288 g/mol. The van der Waals surface area contributed by atoms with Gasteiger partial charge in [0.25, 0.3) is 0 Å². The topological polar surface area (TPSA) is 60.3 Å². The zero-order valence-electron chi connectivity index (χ0n) is 11.8. The molecule has 3 aromatic rings. The molecular formula is C18H14N3O+. The van der Waals surface area contributed by atoms with Crippen LogP contribution in [0.5, 0.6) is 0 Å². The first kappa shape index (κ1) is 13.8. The Morgan fingerprint density at radius 1 is 1.09 bits per heavy atom. The third kappa shape index (κ3) is 2.79. The lowest BCUT2D eigenvalue weighted by atomic mass is 10.0. The molecule has 3 rings (SSSR count). The van der Waals surface area contributed by atoms with E-state index in [4.69, 9.17) is 5.26 Å². The summed E-state index contributed by atoms with van der Waals surface area (Å²) in [5, 5.41) is 24.0. The van der Waals surface area contributed by atoms with Crippen LogP contribution in [0.1, 0.15) is 11.1 Å². The molecule has 0 aliphatic heterocycles. The number of oxime groups is 1. The second-order valence-corrected chi connectivity index (χ2v) is 4.99. The fourth-order valence-corrected chi connectivity index (χ4v) is 2.41. The Morgan fingerprint density at radius 3 is 2.68 bits per heavy atom. The molecule has 4 nitrogen and oxygen atoms in total. The van der Waals surface area contributed by atoms with Crippen molar-refractivity contribution in [3.8, 4) is 6.07 Å². The van der Waals surface area contributed by atoms with E-state index < -0.39 is 0 Å². The number of fused-ring (bicyclic) bond motifs is 1. The van der Waals surface area contributed by atoms with Crippen molar-refractivity contribution in [3.05, 3.63) is 78.1 Å². The first-order valence-corrected chi connectivity index (χ1v) is 6.89. The second-order valence-electron chi connectivity index (χ2n) is 4.99. The maximum atomic E-state index is 9.35. The van der Waals surface area contributed by atoms with E-state index in [1.165, 1.54) is 0 Å². The van der Waals surface area contributed by atoms with Crippen molar-refractivity contribution in [2.45, 2.75) is 6.54 Å². The van der Waals surface area contributed by atoms with Crippen LogP contribution in [0.3, 0.4) is 0 Å². The van der Waals surface area contributed by atoms with Crippen LogP contribution in [0.15, 0.2) is 72.1 Å². The summed E-state index contributed by atoms with van der Waals surface area (Å²) in [6.45, 7) is 0.393. The van der Waals surface area contributed by atoms with Gasteiger partial charge in [-0.2, -0.15) is 9.83 Å². The van der Waals surface area contributed by atoms with Gasteiger partial charge in [-0.1, -0.05) is 41.6 Å². The van der Waals surface area contributed by atoms with Crippen LogP contribution in [-0.4, -0.2) is 10.9 Å². The highest BCUT2D eigenvalue weighted by atomic mass is 16.4. The molecule has 0 unspecified atom stereocenters. The summed E-state index contributed by atoms with van der Waals surface area (Å²) in [5.41, 5.74) is 1.97. The maximum absolute atomic E-state index is 9.35. The normalized spacial score (nSPS) is 11.3. The lowest BCUT2D eigenvalue weighted by Crippen LogP contribution is -2.37. The number of pyridine rings is 1. The fraction of sp³-hybridized carbons (Fsp3) is 0.0556. The van der Waals surface area contributed by atoms with E-state index in [1.54, 1.807) is 18.3 Å². The summed E-state index contributed by atoms with van der Waals surface area (Å²) in [5.74, 6) is 0. The van der Waals surface area contributed by atoms with Gasteiger partial charge in [0.15, 0.2) is 24.7 Å². The van der Waals surface area contributed by atoms with Gasteiger partial charge in [0.05, 0.1) is 0 Å². The Balaban J connectivity index is 1.94. The van der Waals surface area contributed by atoms with Crippen molar-refractivity contribution in [1.29, 1.82) is 5.26 Å². The molecule has 1 aromatic heterocycles. The second kappa shape index (κ2) is 6.06. The van der Waals surface area contributed by atoms with Gasteiger partial charge in [0.2, 0.25) is 0 Å². The molecule has 2 aromatic carbocycles. The molecule has 0 aliphatic carbocycles. The molecule has 106 valence electrons. The smallest absolute Gasteiger partial charge is 0.194 e. The summed E-state index contributed by atoms with van der Waals surface area (Å²) in [4.78, 5) is 0. The third-order valence-corrected chi connectivity index (χ3v) is 3.52. The van der Waals surface area contributed by atoms with Crippen molar-refractivity contribution in [3.63, 3.8) is 0 Å². The average Bonchev–Trinajstić information content (AvgIpc) is 2.59. The Labute approximate surface area is 128 Å². The predicted molar refractivity (Wildman–Crippen MR) is 83.6 cm³/mol. The van der Waals surface area contributed by atoms with E-state index >= 15 is 0 Å². The quantitative estimate of drug-likeness (QED) is 0.349. The molecule has 22 heavy (non-hydrogen) atoms. The number of hydrogen-bond donors (Lipinski definition) is 1. The van der Waals surface area contributed by atoms with Crippen LogP contribution in [0.25, 0.3) is 10.8 Å². The van der Waals surface area contributed by atoms with Gasteiger partial charge in [-0.25, -0.2) is 0 Å². The van der Waals surface area contributed by atoms with E-state index in [9.17, 15) is 5.21 Å². The first-order chi connectivity index (χ1) is 10.8. The number of nitrogens with zero attached hydrogens (tertiary/aromatic N) is 3. The first-order valence-electron chi connectivity index (χ1n) is 6.89. The van der Waals surface area contributed by atoms with Crippen LogP contribution in [0.2, 0.25) is 0 Å². The molecule has 1 heterocycles. The van der Waals surface area contributed by atoms with E-state index in [0.29, 0.717) is 17.8 Å². The van der Waals surface area contributed by atoms with Crippen molar-refractivity contribution < 1.29 is 9.77 Å². The van der Waals surface area contributed by atoms with Crippen LogP contribution >= 0.6 is 0 Å². The van der Waals surface area contributed by atoms with E-state index in [-0.39, 0.29) is 0 Å². The molecule has 0 atom stereocenters. The highest BCUT2D eigenvalue weighted by Crippen LogP contribution is 2.16. The molecule has 1 N–H and O–H groups in total. The highest BCUT2D eigenvalue weighted by Gasteiger charge is 2.12. The third-order valence-electron chi connectivity index (χ3n) is 3.52. The summed E-state index contributed by atoms with van der Waals surface area (Å²) in [6.07, 6.45) is 3.57. The monoisotopic (exact) mass is 288 g/mol. The molecule has 0 amide bonds. The predicted octanol–water partition coefficient (Wildman–Crippen LogP) is 2.88. The van der Waals surface area contributed by atoms with Crippen molar-refractivity contribution in [1.82, 2.24) is 0 Å². The maximum Gasteiger partial charge on any atom is 0.194 e. The van der Waals surface area contributed by atoms with Gasteiger partial charge in [0.1, 0.15) is 11.6 Å². The zero-order valence-corrected chi connectivity index (χ0v) is 11.8. The highest BCUT2D eigenvalue weighted by molar-refractivity contribution is 6.02. The minimum atomic E-state index is 0.393. The fourth-order valence-electron chi connectivity index (χ4n) is 2.41. The molecule has 0 radical (unpaired) electrons. The van der Waals surface area contributed by atoms with Gasteiger partial charge in [-0.15, -0.1) is 0 Å². The largest absolute Gasteiger partial charge is 0.410 e. The van der Waals surface area contributed by atoms with Gasteiger partial charge >= 0.3 is 0 Å². The molecule has 0 aliphatic rings. The van der Waals surface area contributed by atoms with Crippen LogP contribution in [0, 0.1) is 11.3 Å². The summed E-state index contributed by atoms with van der Waals surface area (Å²) >= 11 is 0. The summed E-state index contributed by atoms with van der Waals surface area (Å²) in [7, 11) is 0. The van der Waals surface area contributed by atoms with Crippen LogP contribution in [0.4, 0.5) is 0 Å². The van der Waals surface area contributed by atoms with Gasteiger partial charge < -0.3 is 5.21 Å². The van der Waals surface area contributed by atoms with E-state index in [0.717, 1.165) is 16.3 Å². The molecule has 0 saturated heterocycles. The SMILES string of the molecule is N#Cc1ccc[n+](CC(=NO)c2ccc3ccccc3c2)c1. The molecule has 0 bridgehead atoms. The van der Waals surface area contributed by atoms with Gasteiger partial charge in [-0.05, 0) is 22.9 Å². The number of aromatic nitrogens is 1. The van der Waals surface area contributed by atoms with Gasteiger partial charge in [0, 0.05) is 11.6 Å². The number of benzene rings is 2. The molecule has 4 heteroatoms.